The van der Waals surface area contributed by atoms with Crippen molar-refractivity contribution in [2.75, 3.05) is 51.8 Å². The van der Waals surface area contributed by atoms with Crippen LogP contribution in [0.4, 0.5) is 14.5 Å². The van der Waals surface area contributed by atoms with E-state index in [0.717, 1.165) is 36.7 Å². The summed E-state index contributed by atoms with van der Waals surface area (Å²) in [5.74, 6) is -2.47. The molecule has 2 aliphatic rings. The number of imide groups is 1. The molecule has 0 saturated carbocycles. The van der Waals surface area contributed by atoms with E-state index < -0.39 is 23.4 Å². The number of rotatable bonds is 6. The summed E-state index contributed by atoms with van der Waals surface area (Å²) < 4.78 is 38.1. The molecule has 33 heavy (non-hydrogen) atoms. The summed E-state index contributed by atoms with van der Waals surface area (Å²) in [4.78, 5) is 32.1. The summed E-state index contributed by atoms with van der Waals surface area (Å²) in [7, 11) is 2.99. The lowest BCUT2D eigenvalue weighted by Gasteiger charge is -2.36. The van der Waals surface area contributed by atoms with Crippen LogP contribution in [0.1, 0.15) is 12.5 Å². The smallest absolute Gasteiger partial charge is 0.282 e. The SMILES string of the molecule is CCN1CCN(C2=C(c3ccc(OC)c(OC)c3)C(=O)N(c3ccc(F)c(F)c3)C2=O)CC1. The fourth-order valence-electron chi connectivity index (χ4n) is 4.21. The van der Waals surface area contributed by atoms with E-state index in [-0.39, 0.29) is 17.0 Å². The summed E-state index contributed by atoms with van der Waals surface area (Å²) >= 11 is 0. The minimum absolute atomic E-state index is 0.0240. The molecule has 7 nitrogen and oxygen atoms in total. The molecule has 0 N–H and O–H groups in total. The number of piperazine rings is 1. The molecule has 2 aliphatic heterocycles. The van der Waals surface area contributed by atoms with Gasteiger partial charge in [0.1, 0.15) is 5.70 Å². The van der Waals surface area contributed by atoms with Crippen molar-refractivity contribution in [1.29, 1.82) is 0 Å². The average molecular weight is 457 g/mol. The predicted octanol–water partition coefficient (Wildman–Crippen LogP) is 2.90. The number of methoxy groups -OCH3 is 2. The zero-order chi connectivity index (χ0) is 23.7. The number of hydrogen-bond donors (Lipinski definition) is 0. The number of ether oxygens (including phenoxy) is 2. The Balaban J connectivity index is 1.82. The molecule has 0 unspecified atom stereocenters. The molecule has 1 saturated heterocycles. The molecule has 2 aromatic carbocycles. The van der Waals surface area contributed by atoms with Crippen molar-refractivity contribution in [3.63, 3.8) is 0 Å². The molecule has 9 heteroatoms. The van der Waals surface area contributed by atoms with Crippen LogP contribution in [0.5, 0.6) is 11.5 Å². The largest absolute Gasteiger partial charge is 0.493 e. The minimum atomic E-state index is -1.13. The molecule has 0 spiro atoms. The van der Waals surface area contributed by atoms with E-state index in [2.05, 4.69) is 11.8 Å². The first kappa shape index (κ1) is 22.7. The van der Waals surface area contributed by atoms with Gasteiger partial charge in [-0.1, -0.05) is 13.0 Å². The molecule has 2 amide bonds. The summed E-state index contributed by atoms with van der Waals surface area (Å²) in [5, 5.41) is 0. The van der Waals surface area contributed by atoms with Gasteiger partial charge in [0.2, 0.25) is 0 Å². The zero-order valence-electron chi connectivity index (χ0n) is 18.7. The Kier molecular flexibility index (Phi) is 6.33. The number of hydrogen-bond acceptors (Lipinski definition) is 6. The van der Waals surface area contributed by atoms with Crippen molar-refractivity contribution in [2.24, 2.45) is 0 Å². The third-order valence-corrected chi connectivity index (χ3v) is 6.03. The molecular formula is C24H25F2N3O4. The maximum Gasteiger partial charge on any atom is 0.282 e. The molecule has 0 atom stereocenters. The van der Waals surface area contributed by atoms with Gasteiger partial charge in [0.15, 0.2) is 23.1 Å². The maximum absolute atomic E-state index is 13.9. The van der Waals surface area contributed by atoms with Crippen molar-refractivity contribution < 1.29 is 27.8 Å². The normalized spacial score (nSPS) is 17.2. The Bertz CT molecular complexity index is 1130. The highest BCUT2D eigenvalue weighted by Gasteiger charge is 2.43. The van der Waals surface area contributed by atoms with E-state index in [1.807, 2.05) is 4.90 Å². The van der Waals surface area contributed by atoms with Crippen molar-refractivity contribution in [2.45, 2.75) is 6.92 Å². The third kappa shape index (κ3) is 4.04. The van der Waals surface area contributed by atoms with Gasteiger partial charge < -0.3 is 19.3 Å². The van der Waals surface area contributed by atoms with Gasteiger partial charge in [0.05, 0.1) is 25.5 Å². The summed E-state index contributed by atoms with van der Waals surface area (Å²) in [6.45, 7) is 5.56. The van der Waals surface area contributed by atoms with E-state index in [0.29, 0.717) is 30.2 Å². The second-order valence-electron chi connectivity index (χ2n) is 7.76. The van der Waals surface area contributed by atoms with Gasteiger partial charge in [-0.15, -0.1) is 0 Å². The van der Waals surface area contributed by atoms with Crippen LogP contribution in [0.15, 0.2) is 42.1 Å². The van der Waals surface area contributed by atoms with Crippen molar-refractivity contribution >= 4 is 23.1 Å². The molecule has 1 fully saturated rings. The van der Waals surface area contributed by atoms with Crippen molar-refractivity contribution in [1.82, 2.24) is 9.80 Å². The van der Waals surface area contributed by atoms with Crippen LogP contribution in [-0.4, -0.2) is 68.6 Å². The molecular weight excluding hydrogens is 432 g/mol. The van der Waals surface area contributed by atoms with Crippen LogP contribution >= 0.6 is 0 Å². The second kappa shape index (κ2) is 9.19. The highest BCUT2D eigenvalue weighted by Crippen LogP contribution is 2.38. The lowest BCUT2D eigenvalue weighted by atomic mass is 10.0. The van der Waals surface area contributed by atoms with Gasteiger partial charge in [-0.05, 0) is 36.4 Å². The number of halogens is 2. The quantitative estimate of drug-likeness (QED) is 0.622. The number of nitrogens with zero attached hydrogens (tertiary/aromatic N) is 3. The molecule has 0 aromatic heterocycles. The third-order valence-electron chi connectivity index (χ3n) is 6.03. The molecule has 2 heterocycles. The second-order valence-corrected chi connectivity index (χ2v) is 7.76. The van der Waals surface area contributed by atoms with E-state index in [1.165, 1.54) is 20.3 Å². The van der Waals surface area contributed by atoms with Crippen LogP contribution in [0.3, 0.4) is 0 Å². The predicted molar refractivity (Wildman–Crippen MR) is 119 cm³/mol. The van der Waals surface area contributed by atoms with Crippen LogP contribution < -0.4 is 14.4 Å². The fourth-order valence-corrected chi connectivity index (χ4v) is 4.21. The number of benzene rings is 2. The maximum atomic E-state index is 13.9. The number of likely N-dealkylation sites (N-methyl/N-ethyl adjacent to an activating group) is 1. The number of carbonyl (C=O) groups is 2. The standard InChI is InChI=1S/C24H25F2N3O4/c1-4-27-9-11-28(12-10-27)22-21(15-5-8-19(32-2)20(13-15)33-3)23(30)29(24(22)31)16-6-7-17(25)18(26)14-16/h5-8,13-14H,4,9-12H2,1-3H3. The van der Waals surface area contributed by atoms with Gasteiger partial charge in [0.25, 0.3) is 11.8 Å². The van der Waals surface area contributed by atoms with Crippen LogP contribution in [0.25, 0.3) is 5.57 Å². The van der Waals surface area contributed by atoms with E-state index in [1.54, 1.807) is 18.2 Å². The first-order valence-electron chi connectivity index (χ1n) is 10.7. The summed E-state index contributed by atoms with van der Waals surface area (Å²) in [6, 6.07) is 7.95. The Hall–Kier alpha value is -3.46. The molecule has 0 aliphatic carbocycles. The Morgan fingerprint density at radius 1 is 0.848 bits per heavy atom. The fraction of sp³-hybridized carbons (Fsp3) is 0.333. The van der Waals surface area contributed by atoms with Gasteiger partial charge in [-0.3, -0.25) is 9.59 Å². The number of carbonyl (C=O) groups excluding carboxylic acids is 2. The van der Waals surface area contributed by atoms with Gasteiger partial charge >= 0.3 is 0 Å². The summed E-state index contributed by atoms with van der Waals surface area (Å²) in [5.41, 5.74) is 0.886. The molecule has 2 aromatic rings. The van der Waals surface area contributed by atoms with Crippen LogP contribution in [-0.2, 0) is 9.59 Å². The number of anilines is 1. The minimum Gasteiger partial charge on any atom is -0.493 e. The first-order chi connectivity index (χ1) is 15.9. The lowest BCUT2D eigenvalue weighted by molar-refractivity contribution is -0.120. The lowest BCUT2D eigenvalue weighted by Crippen LogP contribution is -2.47. The van der Waals surface area contributed by atoms with E-state index >= 15 is 0 Å². The summed E-state index contributed by atoms with van der Waals surface area (Å²) in [6.07, 6.45) is 0. The van der Waals surface area contributed by atoms with Crippen LogP contribution in [0, 0.1) is 11.6 Å². The zero-order valence-corrected chi connectivity index (χ0v) is 18.7. The van der Waals surface area contributed by atoms with E-state index in [9.17, 15) is 18.4 Å². The number of amides is 2. The average Bonchev–Trinajstić information content (AvgIpc) is 3.10. The monoisotopic (exact) mass is 457 g/mol. The molecule has 0 bridgehead atoms. The van der Waals surface area contributed by atoms with Crippen LogP contribution in [0.2, 0.25) is 0 Å². The van der Waals surface area contributed by atoms with Crippen molar-refractivity contribution in [3.8, 4) is 11.5 Å². The first-order valence-corrected chi connectivity index (χ1v) is 10.7. The van der Waals surface area contributed by atoms with Crippen molar-refractivity contribution in [3.05, 3.63) is 59.3 Å². The van der Waals surface area contributed by atoms with Gasteiger partial charge in [0, 0.05) is 32.2 Å². The Morgan fingerprint density at radius 2 is 1.55 bits per heavy atom. The van der Waals surface area contributed by atoms with E-state index in [4.69, 9.17) is 9.47 Å². The highest BCUT2D eigenvalue weighted by molar-refractivity contribution is 6.45. The molecule has 174 valence electrons. The Morgan fingerprint density at radius 3 is 2.15 bits per heavy atom. The Labute approximate surface area is 190 Å². The topological polar surface area (TPSA) is 62.3 Å². The van der Waals surface area contributed by atoms with Gasteiger partial charge in [-0.2, -0.15) is 0 Å². The molecule has 4 rings (SSSR count). The highest BCUT2D eigenvalue weighted by atomic mass is 19.2. The molecule has 0 radical (unpaired) electrons. The van der Waals surface area contributed by atoms with Gasteiger partial charge in [-0.25, -0.2) is 13.7 Å².